The van der Waals surface area contributed by atoms with E-state index in [1.807, 2.05) is 13.8 Å². The van der Waals surface area contributed by atoms with Crippen LogP contribution >= 0.6 is 0 Å². The van der Waals surface area contributed by atoms with Gasteiger partial charge in [-0.15, -0.1) is 0 Å². The van der Waals surface area contributed by atoms with Gasteiger partial charge in [0.2, 0.25) is 0 Å². The molecular formula is C13H28O3. The first-order chi connectivity index (χ1) is 7.40. The molecule has 1 N–H and O–H groups in total. The predicted molar refractivity (Wildman–Crippen MR) is 65.9 cm³/mol. The molecule has 0 aliphatic rings. The van der Waals surface area contributed by atoms with Gasteiger partial charge in [-0.2, -0.15) is 0 Å². The second-order valence-electron chi connectivity index (χ2n) is 5.24. The molecule has 1 atom stereocenters. The summed E-state index contributed by atoms with van der Waals surface area (Å²) in [6.07, 6.45) is 4.40. The van der Waals surface area contributed by atoms with Gasteiger partial charge in [-0.1, -0.05) is 40.0 Å². The van der Waals surface area contributed by atoms with Crippen molar-refractivity contribution in [1.82, 2.24) is 0 Å². The van der Waals surface area contributed by atoms with Crippen molar-refractivity contribution in [3.05, 3.63) is 0 Å². The third kappa shape index (κ3) is 7.20. The van der Waals surface area contributed by atoms with E-state index in [4.69, 9.17) is 9.78 Å². The maximum atomic E-state index is 9.55. The molecule has 0 aliphatic carbocycles. The lowest BCUT2D eigenvalue weighted by atomic mass is 9.95. The third-order valence-electron chi connectivity index (χ3n) is 3.07. The lowest BCUT2D eigenvalue weighted by Crippen LogP contribution is -2.33. The van der Waals surface area contributed by atoms with E-state index in [2.05, 4.69) is 20.8 Å². The number of rotatable bonds is 9. The summed E-state index contributed by atoms with van der Waals surface area (Å²) in [7, 11) is 0. The predicted octanol–water partition coefficient (Wildman–Crippen LogP) is 3.66. The molecule has 0 aromatic carbocycles. The van der Waals surface area contributed by atoms with E-state index < -0.39 is 6.29 Å². The van der Waals surface area contributed by atoms with E-state index in [0.29, 0.717) is 12.3 Å². The second kappa shape index (κ2) is 8.04. The van der Waals surface area contributed by atoms with E-state index in [1.54, 1.807) is 0 Å². The van der Waals surface area contributed by atoms with E-state index in [0.717, 1.165) is 12.8 Å². The minimum atomic E-state index is -0.796. The van der Waals surface area contributed by atoms with Crippen molar-refractivity contribution in [3.8, 4) is 0 Å². The summed E-state index contributed by atoms with van der Waals surface area (Å²) in [4.78, 5) is 10.3. The van der Waals surface area contributed by atoms with Gasteiger partial charge >= 0.3 is 0 Å². The van der Waals surface area contributed by atoms with Gasteiger partial charge in [0, 0.05) is 6.42 Å². The molecule has 3 nitrogen and oxygen atoms in total. The number of unbranched alkanes of at least 4 members (excludes halogenated alkanes) is 3. The first-order valence-corrected chi connectivity index (χ1v) is 6.42. The van der Waals surface area contributed by atoms with E-state index in [1.165, 1.54) is 12.8 Å². The highest BCUT2D eigenvalue weighted by atomic mass is 17.2. The van der Waals surface area contributed by atoms with Crippen molar-refractivity contribution in [1.29, 1.82) is 0 Å². The summed E-state index contributed by atoms with van der Waals surface area (Å²) < 4.78 is 0. The van der Waals surface area contributed by atoms with Crippen LogP contribution in [0.1, 0.15) is 66.7 Å². The molecule has 98 valence electrons. The van der Waals surface area contributed by atoms with Crippen molar-refractivity contribution in [2.24, 2.45) is 5.92 Å². The smallest absolute Gasteiger partial charge is 0.188 e. The fourth-order valence-corrected chi connectivity index (χ4v) is 1.07. The molecule has 0 spiro atoms. The van der Waals surface area contributed by atoms with Gasteiger partial charge in [0.15, 0.2) is 6.29 Å². The maximum absolute atomic E-state index is 9.55. The first kappa shape index (κ1) is 15.9. The Morgan fingerprint density at radius 3 is 2.25 bits per heavy atom. The normalized spacial score (nSPS) is 14.4. The number of hydrogen-bond acceptors (Lipinski definition) is 3. The van der Waals surface area contributed by atoms with Crippen LogP contribution in [0.2, 0.25) is 0 Å². The van der Waals surface area contributed by atoms with Gasteiger partial charge in [-0.25, -0.2) is 9.78 Å². The standard InChI is InChI=1S/C13H28O3/c1-6-7-8-9-10-12(14)15-16-13(4,5)11(2)3/h11-12,14H,6-10H2,1-5H3. The topological polar surface area (TPSA) is 38.7 Å². The zero-order valence-electron chi connectivity index (χ0n) is 11.5. The van der Waals surface area contributed by atoms with Gasteiger partial charge in [-0.3, -0.25) is 0 Å². The molecular weight excluding hydrogens is 204 g/mol. The van der Waals surface area contributed by atoms with Crippen LogP contribution in [-0.2, 0) is 9.78 Å². The molecule has 0 heterocycles. The van der Waals surface area contributed by atoms with E-state index >= 15 is 0 Å². The average Bonchev–Trinajstić information content (AvgIpc) is 2.21. The van der Waals surface area contributed by atoms with Crippen molar-refractivity contribution < 1.29 is 14.9 Å². The summed E-state index contributed by atoms with van der Waals surface area (Å²) in [5.74, 6) is 0.347. The Labute approximate surface area is 100 Å². The maximum Gasteiger partial charge on any atom is 0.188 e. The third-order valence-corrected chi connectivity index (χ3v) is 3.07. The highest BCUT2D eigenvalue weighted by molar-refractivity contribution is 4.70. The van der Waals surface area contributed by atoms with Gasteiger partial charge < -0.3 is 5.11 Å². The molecule has 0 aliphatic heterocycles. The van der Waals surface area contributed by atoms with Crippen LogP contribution in [0.3, 0.4) is 0 Å². The Balaban J connectivity index is 3.60. The Morgan fingerprint density at radius 2 is 1.75 bits per heavy atom. The van der Waals surface area contributed by atoms with Gasteiger partial charge in [0.25, 0.3) is 0 Å². The van der Waals surface area contributed by atoms with Gasteiger partial charge in [-0.05, 0) is 26.2 Å². The number of aliphatic hydroxyl groups excluding tert-OH is 1. The van der Waals surface area contributed by atoms with Gasteiger partial charge in [0.1, 0.15) is 5.60 Å². The Bertz CT molecular complexity index is 167. The molecule has 0 fully saturated rings. The summed E-state index contributed by atoms with van der Waals surface area (Å²) >= 11 is 0. The van der Waals surface area contributed by atoms with Crippen LogP contribution in [0.4, 0.5) is 0 Å². The molecule has 3 heteroatoms. The van der Waals surface area contributed by atoms with Crippen LogP contribution in [0.25, 0.3) is 0 Å². The van der Waals surface area contributed by atoms with Crippen LogP contribution in [0.15, 0.2) is 0 Å². The summed E-state index contributed by atoms with van der Waals surface area (Å²) in [6, 6.07) is 0. The molecule has 0 saturated carbocycles. The second-order valence-corrected chi connectivity index (χ2v) is 5.24. The van der Waals surface area contributed by atoms with Crippen molar-refractivity contribution in [2.45, 2.75) is 78.6 Å². The van der Waals surface area contributed by atoms with Crippen LogP contribution in [0.5, 0.6) is 0 Å². The van der Waals surface area contributed by atoms with Gasteiger partial charge in [0.05, 0.1) is 0 Å². The molecule has 0 aromatic rings. The lowest BCUT2D eigenvalue weighted by Gasteiger charge is -2.28. The Kier molecular flexibility index (Phi) is 7.98. The molecule has 0 radical (unpaired) electrons. The minimum Gasteiger partial charge on any atom is -0.366 e. The van der Waals surface area contributed by atoms with E-state index in [-0.39, 0.29) is 5.60 Å². The quantitative estimate of drug-likeness (QED) is 0.285. The fraction of sp³-hybridized carbons (Fsp3) is 1.00. The zero-order chi connectivity index (χ0) is 12.6. The highest BCUT2D eigenvalue weighted by Gasteiger charge is 2.25. The summed E-state index contributed by atoms with van der Waals surface area (Å²) in [6.45, 7) is 10.2. The number of aliphatic hydroxyl groups is 1. The lowest BCUT2D eigenvalue weighted by molar-refractivity contribution is -0.420. The molecule has 0 aromatic heterocycles. The van der Waals surface area contributed by atoms with Crippen LogP contribution in [0, 0.1) is 5.92 Å². The van der Waals surface area contributed by atoms with Crippen LogP contribution < -0.4 is 0 Å². The van der Waals surface area contributed by atoms with Crippen LogP contribution in [-0.4, -0.2) is 17.0 Å². The largest absolute Gasteiger partial charge is 0.366 e. The molecule has 0 saturated heterocycles. The number of hydrogen-bond donors (Lipinski definition) is 1. The zero-order valence-corrected chi connectivity index (χ0v) is 11.5. The SMILES string of the molecule is CCCCCCC(O)OOC(C)(C)C(C)C. The average molecular weight is 232 g/mol. The summed E-state index contributed by atoms with van der Waals surface area (Å²) in [5.41, 5.74) is -0.357. The fourth-order valence-electron chi connectivity index (χ4n) is 1.07. The Morgan fingerprint density at radius 1 is 1.12 bits per heavy atom. The van der Waals surface area contributed by atoms with Crippen molar-refractivity contribution >= 4 is 0 Å². The van der Waals surface area contributed by atoms with Crippen molar-refractivity contribution in [3.63, 3.8) is 0 Å². The highest BCUT2D eigenvalue weighted by Crippen LogP contribution is 2.21. The Hall–Kier alpha value is -0.120. The minimum absolute atomic E-state index is 0.347. The molecule has 0 amide bonds. The molecule has 0 rings (SSSR count). The molecule has 16 heavy (non-hydrogen) atoms. The monoisotopic (exact) mass is 232 g/mol. The summed E-state index contributed by atoms with van der Waals surface area (Å²) in [5, 5.41) is 9.55. The molecule has 0 bridgehead atoms. The molecule has 1 unspecified atom stereocenters. The van der Waals surface area contributed by atoms with E-state index in [9.17, 15) is 5.11 Å². The van der Waals surface area contributed by atoms with Crippen molar-refractivity contribution in [2.75, 3.05) is 0 Å². The first-order valence-electron chi connectivity index (χ1n) is 6.42.